The van der Waals surface area contributed by atoms with Crippen molar-refractivity contribution in [3.05, 3.63) is 70.2 Å². The summed E-state index contributed by atoms with van der Waals surface area (Å²) >= 11 is 6.04. The predicted octanol–water partition coefficient (Wildman–Crippen LogP) is 2.93. The molecule has 0 saturated heterocycles. The van der Waals surface area contributed by atoms with Crippen LogP contribution >= 0.6 is 11.6 Å². The molecule has 2 aromatic carbocycles. The number of carbonyl (C=O) groups excluding carboxylic acids is 1. The van der Waals surface area contributed by atoms with E-state index in [9.17, 15) is 15.0 Å². The molecule has 0 fully saturated rings. The van der Waals surface area contributed by atoms with E-state index >= 15 is 0 Å². The predicted molar refractivity (Wildman–Crippen MR) is 98.4 cm³/mol. The summed E-state index contributed by atoms with van der Waals surface area (Å²) in [5.41, 5.74) is 0.515. The highest BCUT2D eigenvalue weighted by atomic mass is 35.5. The lowest BCUT2D eigenvalue weighted by molar-refractivity contribution is 0.0916. The lowest BCUT2D eigenvalue weighted by Gasteiger charge is -2.13. The Labute approximate surface area is 152 Å². The molecule has 3 N–H and O–H groups in total. The highest BCUT2D eigenvalue weighted by Crippen LogP contribution is 2.21. The van der Waals surface area contributed by atoms with Crippen LogP contribution in [0.2, 0.25) is 5.02 Å². The summed E-state index contributed by atoms with van der Waals surface area (Å²) in [4.78, 5) is 12.3. The summed E-state index contributed by atoms with van der Waals surface area (Å²) in [6.45, 7) is 3.22. The van der Waals surface area contributed by atoms with E-state index in [0.29, 0.717) is 21.7 Å². The molecular formula is C20H20ClNO3. The summed E-state index contributed by atoms with van der Waals surface area (Å²) in [6, 6.07) is 13.7. The standard InChI is InChI=1S/C20H20ClNO3/c1-20(2,25)11-10-14-6-5-7-15(12-14)19(24)22-13-18(23)16-8-3-4-9-17(16)21/h3-9,12,18,23,25H,13H2,1-2H3,(H,22,24). The lowest BCUT2D eigenvalue weighted by Crippen LogP contribution is -2.28. The average molecular weight is 358 g/mol. The summed E-state index contributed by atoms with van der Waals surface area (Å²) in [5.74, 6) is 5.21. The number of aliphatic hydroxyl groups excluding tert-OH is 1. The van der Waals surface area contributed by atoms with Crippen LogP contribution in [-0.4, -0.2) is 28.3 Å². The lowest BCUT2D eigenvalue weighted by atomic mass is 10.1. The van der Waals surface area contributed by atoms with Gasteiger partial charge < -0.3 is 15.5 Å². The summed E-state index contributed by atoms with van der Waals surface area (Å²) in [6.07, 6.45) is -0.893. The molecule has 1 atom stereocenters. The number of hydrogen-bond donors (Lipinski definition) is 3. The minimum atomic E-state index is -1.10. The van der Waals surface area contributed by atoms with Crippen LogP contribution in [-0.2, 0) is 0 Å². The van der Waals surface area contributed by atoms with Gasteiger partial charge in [-0.15, -0.1) is 0 Å². The molecule has 0 aliphatic carbocycles. The molecule has 0 heterocycles. The molecule has 5 heteroatoms. The van der Waals surface area contributed by atoms with E-state index in [1.807, 2.05) is 0 Å². The summed E-state index contributed by atoms with van der Waals surface area (Å²) < 4.78 is 0. The van der Waals surface area contributed by atoms with Gasteiger partial charge in [-0.05, 0) is 38.1 Å². The highest BCUT2D eigenvalue weighted by molar-refractivity contribution is 6.31. The van der Waals surface area contributed by atoms with Crippen molar-refractivity contribution in [1.82, 2.24) is 5.32 Å². The fraction of sp³-hybridized carbons (Fsp3) is 0.250. The van der Waals surface area contributed by atoms with Gasteiger partial charge in [0.1, 0.15) is 5.60 Å². The number of benzene rings is 2. The number of halogens is 1. The largest absolute Gasteiger partial charge is 0.387 e. The minimum absolute atomic E-state index is 0.0438. The van der Waals surface area contributed by atoms with Gasteiger partial charge in [-0.25, -0.2) is 0 Å². The molecule has 25 heavy (non-hydrogen) atoms. The Morgan fingerprint density at radius 3 is 2.64 bits per heavy atom. The van der Waals surface area contributed by atoms with E-state index in [2.05, 4.69) is 17.2 Å². The van der Waals surface area contributed by atoms with Crippen molar-refractivity contribution in [3.8, 4) is 11.8 Å². The Morgan fingerprint density at radius 1 is 1.24 bits per heavy atom. The molecular weight excluding hydrogens is 338 g/mol. The van der Waals surface area contributed by atoms with Gasteiger partial charge in [0, 0.05) is 28.3 Å². The summed E-state index contributed by atoms with van der Waals surface area (Å²) in [5, 5.41) is 22.9. The number of rotatable bonds is 4. The Morgan fingerprint density at radius 2 is 1.96 bits per heavy atom. The maximum atomic E-state index is 12.3. The van der Waals surface area contributed by atoms with Gasteiger partial charge in [-0.2, -0.15) is 0 Å². The number of amides is 1. The van der Waals surface area contributed by atoms with E-state index in [1.165, 1.54) is 0 Å². The number of carbonyl (C=O) groups is 1. The van der Waals surface area contributed by atoms with Crippen molar-refractivity contribution in [1.29, 1.82) is 0 Å². The third-order valence-corrected chi connectivity index (χ3v) is 3.70. The zero-order valence-corrected chi connectivity index (χ0v) is 14.8. The first-order valence-electron chi connectivity index (χ1n) is 7.82. The molecule has 0 spiro atoms. The SMILES string of the molecule is CC(C)(O)C#Cc1cccc(C(=O)NCC(O)c2ccccc2Cl)c1. The van der Waals surface area contributed by atoms with Crippen LogP contribution in [0.25, 0.3) is 0 Å². The Bertz CT molecular complexity index is 815. The normalized spacial score (nSPS) is 12.0. The van der Waals surface area contributed by atoms with E-state index < -0.39 is 11.7 Å². The van der Waals surface area contributed by atoms with Crippen molar-refractivity contribution in [2.45, 2.75) is 25.6 Å². The average Bonchev–Trinajstić information content (AvgIpc) is 2.57. The summed E-state index contributed by atoms with van der Waals surface area (Å²) in [7, 11) is 0. The molecule has 4 nitrogen and oxygen atoms in total. The van der Waals surface area contributed by atoms with Gasteiger partial charge in [-0.1, -0.05) is 47.7 Å². The minimum Gasteiger partial charge on any atom is -0.387 e. The van der Waals surface area contributed by atoms with Crippen LogP contribution in [0.3, 0.4) is 0 Å². The third kappa shape index (κ3) is 5.91. The van der Waals surface area contributed by atoms with Crippen LogP contribution in [0.4, 0.5) is 0 Å². The van der Waals surface area contributed by atoms with Gasteiger partial charge in [-0.3, -0.25) is 4.79 Å². The first-order chi connectivity index (χ1) is 11.8. The monoisotopic (exact) mass is 357 g/mol. The van der Waals surface area contributed by atoms with Crippen molar-refractivity contribution in [3.63, 3.8) is 0 Å². The molecule has 1 unspecified atom stereocenters. The maximum absolute atomic E-state index is 12.3. The molecule has 0 aliphatic rings. The van der Waals surface area contributed by atoms with Crippen molar-refractivity contribution >= 4 is 17.5 Å². The molecule has 0 saturated carbocycles. The van der Waals surface area contributed by atoms with E-state index in [4.69, 9.17) is 11.6 Å². The van der Waals surface area contributed by atoms with Crippen LogP contribution < -0.4 is 5.32 Å². The Balaban J connectivity index is 2.04. The Hall–Kier alpha value is -2.32. The van der Waals surface area contributed by atoms with Crippen LogP contribution in [0, 0.1) is 11.8 Å². The molecule has 0 bridgehead atoms. The van der Waals surface area contributed by atoms with Crippen LogP contribution in [0.15, 0.2) is 48.5 Å². The second-order valence-corrected chi connectivity index (χ2v) is 6.54. The van der Waals surface area contributed by atoms with Gasteiger partial charge >= 0.3 is 0 Å². The van der Waals surface area contributed by atoms with Gasteiger partial charge in [0.05, 0.1) is 6.10 Å². The van der Waals surface area contributed by atoms with Crippen LogP contribution in [0.1, 0.15) is 41.4 Å². The number of nitrogens with one attached hydrogen (secondary N) is 1. The van der Waals surface area contributed by atoms with Gasteiger partial charge in [0.2, 0.25) is 0 Å². The second-order valence-electron chi connectivity index (χ2n) is 6.14. The van der Waals surface area contributed by atoms with Crippen LogP contribution in [0.5, 0.6) is 0 Å². The molecule has 1 amide bonds. The zero-order chi connectivity index (χ0) is 18.4. The number of hydrogen-bond acceptors (Lipinski definition) is 3. The Kier molecular flexibility index (Phi) is 6.22. The quantitative estimate of drug-likeness (QED) is 0.737. The molecule has 0 aliphatic heterocycles. The smallest absolute Gasteiger partial charge is 0.251 e. The molecule has 2 aromatic rings. The number of aliphatic hydroxyl groups is 2. The fourth-order valence-corrected chi connectivity index (χ4v) is 2.37. The fourth-order valence-electron chi connectivity index (χ4n) is 2.11. The molecule has 130 valence electrons. The van der Waals surface area contributed by atoms with E-state index in [0.717, 1.165) is 0 Å². The topological polar surface area (TPSA) is 69.6 Å². The second kappa shape index (κ2) is 8.17. The maximum Gasteiger partial charge on any atom is 0.251 e. The van der Waals surface area contributed by atoms with Crippen molar-refractivity contribution in [2.24, 2.45) is 0 Å². The first-order valence-corrected chi connectivity index (χ1v) is 8.20. The van der Waals surface area contributed by atoms with E-state index in [1.54, 1.807) is 62.4 Å². The first kappa shape index (κ1) is 19.0. The highest BCUT2D eigenvalue weighted by Gasteiger charge is 2.13. The van der Waals surface area contributed by atoms with Gasteiger partial charge in [0.25, 0.3) is 5.91 Å². The molecule has 0 aromatic heterocycles. The van der Waals surface area contributed by atoms with Crippen molar-refractivity contribution in [2.75, 3.05) is 6.54 Å². The van der Waals surface area contributed by atoms with Crippen molar-refractivity contribution < 1.29 is 15.0 Å². The van der Waals surface area contributed by atoms with E-state index in [-0.39, 0.29) is 12.5 Å². The molecule has 2 rings (SSSR count). The third-order valence-electron chi connectivity index (χ3n) is 3.36. The van der Waals surface area contributed by atoms with Gasteiger partial charge in [0.15, 0.2) is 0 Å². The molecule has 0 radical (unpaired) electrons. The zero-order valence-electron chi connectivity index (χ0n) is 14.1.